The Morgan fingerprint density at radius 1 is 1.38 bits per heavy atom. The summed E-state index contributed by atoms with van der Waals surface area (Å²) >= 11 is 0. The summed E-state index contributed by atoms with van der Waals surface area (Å²) < 4.78 is 0. The molecular formula is C15H19N3O3. The predicted octanol–water partition coefficient (Wildman–Crippen LogP) is 2.42. The Balaban J connectivity index is 3.02. The van der Waals surface area contributed by atoms with E-state index >= 15 is 0 Å². The molecule has 1 aromatic carbocycles. The molecule has 112 valence electrons. The van der Waals surface area contributed by atoms with Gasteiger partial charge in [0, 0.05) is 20.1 Å². The van der Waals surface area contributed by atoms with Crippen molar-refractivity contribution in [1.29, 1.82) is 5.26 Å². The highest BCUT2D eigenvalue weighted by Crippen LogP contribution is 2.20. The topological polar surface area (TPSA) is 84.6 Å². The van der Waals surface area contributed by atoms with Crippen molar-refractivity contribution in [3.05, 3.63) is 29.8 Å². The fourth-order valence-corrected chi connectivity index (χ4v) is 1.98. The van der Waals surface area contributed by atoms with E-state index < -0.39 is 5.97 Å². The van der Waals surface area contributed by atoms with Crippen LogP contribution in [0.2, 0.25) is 0 Å². The zero-order valence-corrected chi connectivity index (χ0v) is 12.4. The number of nitriles is 1. The number of rotatable bonds is 5. The van der Waals surface area contributed by atoms with Gasteiger partial charge in [0.1, 0.15) is 0 Å². The number of carbonyl (C=O) groups excluding carboxylic acids is 1. The zero-order valence-electron chi connectivity index (χ0n) is 12.4. The molecule has 0 aliphatic carbocycles. The number of anilines is 1. The summed E-state index contributed by atoms with van der Waals surface area (Å²) in [7, 11) is 1.53. The maximum absolute atomic E-state index is 12.5. The van der Waals surface area contributed by atoms with Gasteiger partial charge in [-0.25, -0.2) is 9.59 Å². The molecule has 0 radical (unpaired) electrons. The smallest absolute Gasteiger partial charge is 0.337 e. The molecule has 0 aromatic heterocycles. The van der Waals surface area contributed by atoms with E-state index in [4.69, 9.17) is 5.26 Å². The zero-order chi connectivity index (χ0) is 16.0. The van der Waals surface area contributed by atoms with Crippen molar-refractivity contribution in [3.63, 3.8) is 0 Å². The van der Waals surface area contributed by atoms with Gasteiger partial charge in [0.05, 0.1) is 23.2 Å². The lowest BCUT2D eigenvalue weighted by Gasteiger charge is -2.28. The number of aromatic carboxylic acids is 1. The van der Waals surface area contributed by atoms with Crippen LogP contribution < -0.4 is 4.90 Å². The molecule has 6 heteroatoms. The van der Waals surface area contributed by atoms with Crippen molar-refractivity contribution in [2.75, 3.05) is 25.0 Å². The second-order valence-electron chi connectivity index (χ2n) is 4.73. The number of hydrogen-bond donors (Lipinski definition) is 1. The van der Waals surface area contributed by atoms with Gasteiger partial charge in [-0.1, -0.05) is 12.1 Å². The number of urea groups is 1. The molecule has 0 saturated heterocycles. The largest absolute Gasteiger partial charge is 0.478 e. The molecule has 6 nitrogen and oxygen atoms in total. The first-order chi connectivity index (χ1) is 9.92. The van der Waals surface area contributed by atoms with Crippen molar-refractivity contribution in [1.82, 2.24) is 4.90 Å². The summed E-state index contributed by atoms with van der Waals surface area (Å²) in [6, 6.07) is 8.09. The third-order valence-corrected chi connectivity index (χ3v) is 3.15. The number of para-hydroxylation sites is 1. The molecule has 0 aliphatic heterocycles. The predicted molar refractivity (Wildman–Crippen MR) is 79.2 cm³/mol. The third kappa shape index (κ3) is 3.96. The number of amides is 2. The van der Waals surface area contributed by atoms with Crippen molar-refractivity contribution in [2.45, 2.75) is 13.8 Å². The highest BCUT2D eigenvalue weighted by Gasteiger charge is 2.22. The Bertz CT molecular complexity index is 566. The summed E-state index contributed by atoms with van der Waals surface area (Å²) in [5, 5.41) is 18.0. The molecule has 21 heavy (non-hydrogen) atoms. The molecule has 1 aromatic rings. The third-order valence-electron chi connectivity index (χ3n) is 3.15. The van der Waals surface area contributed by atoms with Gasteiger partial charge in [0.2, 0.25) is 0 Å². The number of carbonyl (C=O) groups is 2. The molecule has 0 fully saturated rings. The maximum Gasteiger partial charge on any atom is 0.337 e. The van der Waals surface area contributed by atoms with Crippen molar-refractivity contribution >= 4 is 17.7 Å². The van der Waals surface area contributed by atoms with E-state index in [0.29, 0.717) is 18.8 Å². The van der Waals surface area contributed by atoms with Crippen LogP contribution in [-0.2, 0) is 0 Å². The van der Waals surface area contributed by atoms with Crippen LogP contribution in [0.3, 0.4) is 0 Å². The van der Waals surface area contributed by atoms with Crippen molar-refractivity contribution in [2.24, 2.45) is 5.92 Å². The highest BCUT2D eigenvalue weighted by atomic mass is 16.4. The van der Waals surface area contributed by atoms with Crippen LogP contribution in [0.5, 0.6) is 0 Å². The van der Waals surface area contributed by atoms with Crippen molar-refractivity contribution < 1.29 is 14.7 Å². The first-order valence-electron chi connectivity index (χ1n) is 6.66. The van der Waals surface area contributed by atoms with Crippen LogP contribution in [0.1, 0.15) is 24.2 Å². The Morgan fingerprint density at radius 3 is 2.52 bits per heavy atom. The van der Waals surface area contributed by atoms with E-state index in [0.717, 1.165) is 0 Å². The minimum absolute atomic E-state index is 0.0673. The van der Waals surface area contributed by atoms with Crippen LogP contribution in [0.4, 0.5) is 10.5 Å². The van der Waals surface area contributed by atoms with E-state index in [2.05, 4.69) is 6.07 Å². The first kappa shape index (κ1) is 16.5. The summed E-state index contributed by atoms with van der Waals surface area (Å²) in [5.74, 6) is -1.37. The normalized spacial score (nSPS) is 11.3. The summed E-state index contributed by atoms with van der Waals surface area (Å²) in [5.41, 5.74) is 0.399. The number of carboxylic acid groups (broad SMARTS) is 1. The van der Waals surface area contributed by atoms with Gasteiger partial charge < -0.3 is 10.0 Å². The molecule has 1 N–H and O–H groups in total. The van der Waals surface area contributed by atoms with Crippen LogP contribution in [0, 0.1) is 17.2 Å². The van der Waals surface area contributed by atoms with E-state index in [1.807, 2.05) is 6.92 Å². The number of benzene rings is 1. The standard InChI is InChI=1S/C15H19N3O3/c1-4-18(10-11(2)9-16)15(21)17(3)13-8-6-5-7-12(13)14(19)20/h5-8,11H,4,10H2,1-3H3,(H,19,20). The summed E-state index contributed by atoms with van der Waals surface area (Å²) in [6.07, 6.45) is 0. The van der Waals surface area contributed by atoms with Crippen LogP contribution in [0.25, 0.3) is 0 Å². The highest BCUT2D eigenvalue weighted by molar-refractivity contribution is 6.01. The first-order valence-corrected chi connectivity index (χ1v) is 6.66. The molecule has 0 saturated carbocycles. The van der Waals surface area contributed by atoms with E-state index in [1.54, 1.807) is 25.1 Å². The van der Waals surface area contributed by atoms with Crippen LogP contribution in [0.15, 0.2) is 24.3 Å². The quantitative estimate of drug-likeness (QED) is 0.902. The molecule has 0 spiro atoms. The number of hydrogen-bond acceptors (Lipinski definition) is 3. The fourth-order valence-electron chi connectivity index (χ4n) is 1.98. The van der Waals surface area contributed by atoms with Gasteiger partial charge in [0.25, 0.3) is 0 Å². The Hall–Kier alpha value is -2.55. The lowest BCUT2D eigenvalue weighted by atomic mass is 10.1. The molecule has 1 atom stereocenters. The molecule has 0 bridgehead atoms. The van der Waals surface area contributed by atoms with Gasteiger partial charge in [-0.15, -0.1) is 0 Å². The Kier molecular flexibility index (Phi) is 5.73. The van der Waals surface area contributed by atoms with E-state index in [-0.39, 0.29) is 17.5 Å². The van der Waals surface area contributed by atoms with E-state index in [9.17, 15) is 14.7 Å². The van der Waals surface area contributed by atoms with Crippen LogP contribution >= 0.6 is 0 Å². The lowest BCUT2D eigenvalue weighted by Crippen LogP contribution is -2.43. The van der Waals surface area contributed by atoms with Gasteiger partial charge in [-0.05, 0) is 26.0 Å². The summed E-state index contributed by atoms with van der Waals surface area (Å²) in [4.78, 5) is 26.5. The minimum Gasteiger partial charge on any atom is -0.478 e. The SMILES string of the molecule is CCN(CC(C)C#N)C(=O)N(C)c1ccccc1C(=O)O. The van der Waals surface area contributed by atoms with Gasteiger partial charge in [-0.3, -0.25) is 4.90 Å². The van der Waals surface area contributed by atoms with Crippen LogP contribution in [-0.4, -0.2) is 42.1 Å². The Morgan fingerprint density at radius 2 is 2.00 bits per heavy atom. The monoisotopic (exact) mass is 289 g/mol. The average molecular weight is 289 g/mol. The Labute approximate surface area is 124 Å². The van der Waals surface area contributed by atoms with Gasteiger partial charge >= 0.3 is 12.0 Å². The molecular weight excluding hydrogens is 270 g/mol. The second-order valence-corrected chi connectivity index (χ2v) is 4.73. The van der Waals surface area contributed by atoms with Gasteiger partial charge in [0.15, 0.2) is 0 Å². The van der Waals surface area contributed by atoms with E-state index in [1.165, 1.54) is 22.9 Å². The number of nitrogens with zero attached hydrogens (tertiary/aromatic N) is 3. The summed E-state index contributed by atoms with van der Waals surface area (Å²) in [6.45, 7) is 4.32. The maximum atomic E-state index is 12.5. The fraction of sp³-hybridized carbons (Fsp3) is 0.400. The average Bonchev–Trinajstić information content (AvgIpc) is 2.50. The molecule has 0 heterocycles. The molecule has 0 aliphatic rings. The van der Waals surface area contributed by atoms with Gasteiger partial charge in [-0.2, -0.15) is 5.26 Å². The molecule has 1 rings (SSSR count). The second kappa shape index (κ2) is 7.29. The number of carboxylic acids is 1. The molecule has 2 amide bonds. The lowest BCUT2D eigenvalue weighted by molar-refractivity contribution is 0.0697. The van der Waals surface area contributed by atoms with Crippen molar-refractivity contribution in [3.8, 4) is 6.07 Å². The molecule has 1 unspecified atom stereocenters. The minimum atomic E-state index is -1.08.